The number of nitrogens with zero attached hydrogens (tertiary/aromatic N) is 3. The van der Waals surface area contributed by atoms with Gasteiger partial charge in [0.25, 0.3) is 0 Å². The van der Waals surface area contributed by atoms with Crippen LogP contribution in [0, 0.1) is 11.3 Å². The zero-order valence-corrected chi connectivity index (χ0v) is 23.2. The Labute approximate surface area is 235 Å². The van der Waals surface area contributed by atoms with Crippen LogP contribution in [0.1, 0.15) is 33.7 Å². The first-order valence-corrected chi connectivity index (χ1v) is 13.0. The molecule has 4 aromatic rings. The first kappa shape index (κ1) is 27.9. The third-order valence-corrected chi connectivity index (χ3v) is 7.31. The van der Waals surface area contributed by atoms with Crippen LogP contribution in [0.25, 0.3) is 22.2 Å². The second-order valence-corrected chi connectivity index (χ2v) is 11.1. The molecule has 2 heterocycles. The van der Waals surface area contributed by atoms with Gasteiger partial charge in [-0.3, -0.25) is 4.57 Å². The molecule has 1 fully saturated rings. The van der Waals surface area contributed by atoms with Gasteiger partial charge >= 0.3 is 12.6 Å². The highest BCUT2D eigenvalue weighted by atomic mass is 19.3. The molecule has 0 spiro atoms. The molecule has 2 aromatic heterocycles. The summed E-state index contributed by atoms with van der Waals surface area (Å²) in [4.78, 5) is 20.4. The normalized spacial score (nSPS) is 18.4. The third-order valence-electron chi connectivity index (χ3n) is 7.31. The van der Waals surface area contributed by atoms with Crippen molar-refractivity contribution < 1.29 is 27.8 Å². The molecule has 2 unspecified atom stereocenters. The van der Waals surface area contributed by atoms with E-state index in [0.29, 0.717) is 51.5 Å². The number of nitrogens with one attached hydrogen (secondary N) is 1. The Morgan fingerprint density at radius 3 is 2.63 bits per heavy atom. The number of amides is 1. The molecule has 2 aromatic carbocycles. The molecule has 2 atom stereocenters. The van der Waals surface area contributed by atoms with Gasteiger partial charge in [0, 0.05) is 35.3 Å². The van der Waals surface area contributed by atoms with Crippen molar-refractivity contribution in [1.29, 1.82) is 0 Å². The molecular weight excluding hydrogens is 534 g/mol. The monoisotopic (exact) mass is 566 g/mol. The van der Waals surface area contributed by atoms with E-state index in [9.17, 15) is 13.6 Å². The topological polar surface area (TPSA) is 140 Å². The summed E-state index contributed by atoms with van der Waals surface area (Å²) in [5, 5.41) is 3.74. The molecule has 10 nitrogen and oxygen atoms in total. The van der Waals surface area contributed by atoms with Crippen LogP contribution in [0.3, 0.4) is 0 Å². The molecule has 12 heteroatoms. The van der Waals surface area contributed by atoms with E-state index < -0.39 is 18.2 Å². The van der Waals surface area contributed by atoms with Crippen LogP contribution in [0.15, 0.2) is 54.9 Å². The van der Waals surface area contributed by atoms with Gasteiger partial charge in [0.05, 0.1) is 29.7 Å². The maximum atomic E-state index is 13.7. The zero-order valence-electron chi connectivity index (χ0n) is 23.2. The number of methoxy groups -OCH3 is 1. The third kappa shape index (κ3) is 5.54. The predicted octanol–water partition coefficient (Wildman–Crippen LogP) is 6.11. The van der Waals surface area contributed by atoms with E-state index in [-0.39, 0.29) is 23.9 Å². The Morgan fingerprint density at radius 1 is 1.22 bits per heavy atom. The molecule has 41 heavy (non-hydrogen) atoms. The average molecular weight is 567 g/mol. The highest BCUT2D eigenvalue weighted by Gasteiger charge is 2.63. The first-order valence-electron chi connectivity index (χ1n) is 13.0. The standard InChI is InChI=1S/C29H32F2N6O4/c1-28(2,3)24-13-29(24,41-26(33)38)15-40-22-12-23(39-4)20(11-18(22)32)36-27-34-10-9-19(35-27)17-14-37(25(30)31)21-8-6-5-7-16(17)21/h5-12,14,24-25H,13,15,32H2,1-4H3,(H2,33,38)(H,34,35,36). The maximum absolute atomic E-state index is 13.7. The largest absolute Gasteiger partial charge is 0.494 e. The Balaban J connectivity index is 1.39. The number of carbonyl (C=O) groups excluding carboxylic acids is 1. The number of halogens is 2. The molecule has 1 saturated carbocycles. The number of benzene rings is 2. The molecule has 1 amide bonds. The van der Waals surface area contributed by atoms with E-state index in [1.807, 2.05) is 0 Å². The van der Waals surface area contributed by atoms with Crippen LogP contribution in [0.5, 0.6) is 11.5 Å². The molecule has 0 radical (unpaired) electrons. The van der Waals surface area contributed by atoms with Gasteiger partial charge in [-0.2, -0.15) is 8.78 Å². The minimum absolute atomic E-state index is 0.0747. The van der Waals surface area contributed by atoms with Crippen molar-refractivity contribution in [3.05, 3.63) is 54.9 Å². The van der Waals surface area contributed by atoms with Crippen molar-refractivity contribution in [2.75, 3.05) is 24.8 Å². The van der Waals surface area contributed by atoms with Crippen LogP contribution in [-0.2, 0) is 4.74 Å². The van der Waals surface area contributed by atoms with Gasteiger partial charge in [0.15, 0.2) is 5.60 Å². The van der Waals surface area contributed by atoms with Crippen molar-refractivity contribution in [3.63, 3.8) is 0 Å². The van der Waals surface area contributed by atoms with Gasteiger partial charge in [-0.15, -0.1) is 0 Å². The number of nitrogen functional groups attached to an aromatic ring is 1. The van der Waals surface area contributed by atoms with Crippen molar-refractivity contribution >= 4 is 34.3 Å². The van der Waals surface area contributed by atoms with Crippen molar-refractivity contribution in [3.8, 4) is 22.8 Å². The van der Waals surface area contributed by atoms with Gasteiger partial charge in [-0.05, 0) is 30.0 Å². The second kappa shape index (κ2) is 10.4. The molecule has 216 valence electrons. The molecule has 5 rings (SSSR count). The van der Waals surface area contributed by atoms with E-state index in [0.717, 1.165) is 4.57 Å². The Morgan fingerprint density at radius 2 is 1.98 bits per heavy atom. The van der Waals surface area contributed by atoms with Crippen molar-refractivity contribution in [1.82, 2.24) is 14.5 Å². The molecule has 1 aliphatic carbocycles. The summed E-state index contributed by atoms with van der Waals surface area (Å²) in [6.45, 7) is 3.58. The quantitative estimate of drug-likeness (QED) is 0.206. The first-order chi connectivity index (χ1) is 19.4. The number of anilines is 3. The van der Waals surface area contributed by atoms with Gasteiger partial charge in [0.1, 0.15) is 18.1 Å². The summed E-state index contributed by atoms with van der Waals surface area (Å²) in [6.07, 6.45) is 2.68. The average Bonchev–Trinajstić information content (AvgIpc) is 3.49. The fourth-order valence-corrected chi connectivity index (χ4v) is 5.31. The minimum atomic E-state index is -2.70. The highest BCUT2D eigenvalue weighted by molar-refractivity contribution is 5.95. The lowest BCUT2D eigenvalue weighted by atomic mass is 9.88. The Bertz CT molecular complexity index is 1600. The molecular formula is C29H32F2N6O4. The van der Waals surface area contributed by atoms with Gasteiger partial charge in [0.2, 0.25) is 5.95 Å². The number of alkyl halides is 2. The summed E-state index contributed by atoms with van der Waals surface area (Å²) >= 11 is 0. The lowest BCUT2D eigenvalue weighted by molar-refractivity contribution is 0.0295. The summed E-state index contributed by atoms with van der Waals surface area (Å²) in [6, 6.07) is 11.8. The van der Waals surface area contributed by atoms with Crippen molar-refractivity contribution in [2.45, 2.75) is 39.3 Å². The van der Waals surface area contributed by atoms with Crippen LogP contribution in [0.2, 0.25) is 0 Å². The van der Waals surface area contributed by atoms with Crippen LogP contribution < -0.4 is 26.3 Å². The fraction of sp³-hybridized carbons (Fsp3) is 0.345. The van der Waals surface area contributed by atoms with Gasteiger partial charge in [-0.1, -0.05) is 39.0 Å². The molecule has 1 aliphatic rings. The smallest absolute Gasteiger partial charge is 0.405 e. The number of carbonyl (C=O) groups is 1. The lowest BCUT2D eigenvalue weighted by Gasteiger charge is -2.25. The molecule has 5 N–H and O–H groups in total. The molecule has 0 aliphatic heterocycles. The number of hydrogen-bond acceptors (Lipinski definition) is 8. The van der Waals surface area contributed by atoms with Gasteiger partial charge in [-0.25, -0.2) is 14.8 Å². The number of aromatic nitrogens is 3. The number of hydrogen-bond donors (Lipinski definition) is 3. The lowest BCUT2D eigenvalue weighted by Crippen LogP contribution is -2.34. The molecule has 0 saturated heterocycles. The van der Waals surface area contributed by atoms with E-state index in [1.54, 1.807) is 42.5 Å². The number of para-hydroxylation sites is 1. The number of primary amides is 1. The zero-order chi connectivity index (χ0) is 29.5. The predicted molar refractivity (Wildman–Crippen MR) is 151 cm³/mol. The molecule has 0 bridgehead atoms. The van der Waals surface area contributed by atoms with E-state index in [4.69, 9.17) is 25.7 Å². The second-order valence-electron chi connectivity index (χ2n) is 11.1. The van der Waals surface area contributed by atoms with Gasteiger partial charge < -0.3 is 31.0 Å². The number of ether oxygens (including phenoxy) is 3. The summed E-state index contributed by atoms with van der Waals surface area (Å²) < 4.78 is 45.3. The minimum Gasteiger partial charge on any atom is -0.494 e. The highest BCUT2D eigenvalue weighted by Crippen LogP contribution is 2.56. The Hall–Kier alpha value is -4.61. The van der Waals surface area contributed by atoms with Crippen LogP contribution in [-0.4, -0.2) is 39.9 Å². The van der Waals surface area contributed by atoms with Crippen LogP contribution >= 0.6 is 0 Å². The summed E-state index contributed by atoms with van der Waals surface area (Å²) in [5.41, 5.74) is 12.9. The number of rotatable bonds is 9. The van der Waals surface area contributed by atoms with Crippen molar-refractivity contribution in [2.24, 2.45) is 17.1 Å². The summed E-state index contributed by atoms with van der Waals surface area (Å²) in [7, 11) is 1.49. The number of fused-ring (bicyclic) bond motifs is 1. The van der Waals surface area contributed by atoms with E-state index in [1.165, 1.54) is 19.5 Å². The summed E-state index contributed by atoms with van der Waals surface area (Å²) in [5.74, 6) is 1.02. The van der Waals surface area contributed by atoms with E-state index in [2.05, 4.69) is 36.1 Å². The number of nitrogens with two attached hydrogens (primary N) is 2. The Kier molecular flexibility index (Phi) is 7.10. The SMILES string of the molecule is COc1cc(OCC2(OC(N)=O)CC2C(C)(C)C)c(N)cc1Nc1nccc(-c2cn(C(F)F)c3ccccc23)n1. The van der Waals surface area contributed by atoms with Crippen LogP contribution in [0.4, 0.5) is 30.9 Å². The maximum Gasteiger partial charge on any atom is 0.405 e. The fourth-order valence-electron chi connectivity index (χ4n) is 5.31. The van der Waals surface area contributed by atoms with E-state index >= 15 is 0 Å².